The molecule has 1 aromatic carbocycles. The van der Waals surface area contributed by atoms with Gasteiger partial charge in [0, 0.05) is 13.1 Å². The average Bonchev–Trinajstić information content (AvgIpc) is 2.64. The molecule has 1 N–H and O–H groups in total. The van der Waals surface area contributed by atoms with Gasteiger partial charge in [-0.3, -0.25) is 0 Å². The molecule has 3 heteroatoms. The van der Waals surface area contributed by atoms with E-state index in [-0.39, 0.29) is 0 Å². The lowest BCUT2D eigenvalue weighted by atomic mass is 10.2. The van der Waals surface area contributed by atoms with E-state index in [1.165, 1.54) is 5.56 Å². The van der Waals surface area contributed by atoms with Crippen molar-refractivity contribution in [2.24, 2.45) is 0 Å². The van der Waals surface area contributed by atoms with Crippen LogP contribution >= 0.6 is 0 Å². The van der Waals surface area contributed by atoms with Crippen molar-refractivity contribution < 1.29 is 9.47 Å². The largest absolute Gasteiger partial charge is 0.454 e. The van der Waals surface area contributed by atoms with Crippen LogP contribution in [0, 0.1) is 0 Å². The van der Waals surface area contributed by atoms with Crippen molar-refractivity contribution in [3.63, 3.8) is 0 Å². The molecule has 1 aromatic rings. The van der Waals surface area contributed by atoms with E-state index in [1.807, 2.05) is 25.1 Å². The average molecular weight is 205 g/mol. The summed E-state index contributed by atoms with van der Waals surface area (Å²) in [7, 11) is 0. The molecule has 80 valence electrons. The molecule has 0 unspecified atom stereocenters. The van der Waals surface area contributed by atoms with Gasteiger partial charge in [0.05, 0.1) is 0 Å². The molecule has 2 rings (SSSR count). The number of nitrogens with one attached hydrogen (secondary N) is 1. The summed E-state index contributed by atoms with van der Waals surface area (Å²) in [6.07, 6.45) is 0. The van der Waals surface area contributed by atoms with E-state index in [0.29, 0.717) is 6.79 Å². The summed E-state index contributed by atoms with van der Waals surface area (Å²) in [4.78, 5) is 0. The number of benzene rings is 1. The zero-order valence-electron chi connectivity index (χ0n) is 8.88. The summed E-state index contributed by atoms with van der Waals surface area (Å²) in [5, 5.41) is 3.30. The number of fused-ring (bicyclic) bond motifs is 1. The molecule has 15 heavy (non-hydrogen) atoms. The summed E-state index contributed by atoms with van der Waals surface area (Å²) < 4.78 is 10.5. The van der Waals surface area contributed by atoms with Crippen molar-refractivity contribution in [2.45, 2.75) is 13.5 Å². The van der Waals surface area contributed by atoms with Gasteiger partial charge in [0.25, 0.3) is 0 Å². The van der Waals surface area contributed by atoms with Gasteiger partial charge in [-0.1, -0.05) is 18.2 Å². The molecule has 0 aliphatic carbocycles. The summed E-state index contributed by atoms with van der Waals surface area (Å²) in [5.41, 5.74) is 2.33. The Balaban J connectivity index is 1.95. The molecular weight excluding hydrogens is 190 g/mol. The van der Waals surface area contributed by atoms with Gasteiger partial charge < -0.3 is 14.8 Å². The van der Waals surface area contributed by atoms with E-state index in [4.69, 9.17) is 9.47 Å². The van der Waals surface area contributed by atoms with Crippen LogP contribution in [0.25, 0.3) is 0 Å². The van der Waals surface area contributed by atoms with Crippen LogP contribution in [0.1, 0.15) is 12.5 Å². The lowest BCUT2D eigenvalue weighted by molar-refractivity contribution is 0.174. The van der Waals surface area contributed by atoms with E-state index in [1.54, 1.807) is 0 Å². The van der Waals surface area contributed by atoms with Crippen LogP contribution < -0.4 is 14.8 Å². The molecule has 0 fully saturated rings. The number of hydrogen-bond acceptors (Lipinski definition) is 3. The Morgan fingerprint density at radius 1 is 1.40 bits per heavy atom. The number of rotatable bonds is 4. The fourth-order valence-corrected chi connectivity index (χ4v) is 1.47. The monoisotopic (exact) mass is 205 g/mol. The molecule has 1 heterocycles. The van der Waals surface area contributed by atoms with Crippen LogP contribution in [0.5, 0.6) is 11.5 Å². The van der Waals surface area contributed by atoms with Gasteiger partial charge in [-0.2, -0.15) is 0 Å². The summed E-state index contributed by atoms with van der Waals surface area (Å²) in [6.45, 7) is 7.84. The Morgan fingerprint density at radius 3 is 3.00 bits per heavy atom. The molecule has 0 aromatic heterocycles. The SMILES string of the molecule is C=C(C)CNCc1ccc2c(c1)OCO2. The lowest BCUT2D eigenvalue weighted by Crippen LogP contribution is -2.14. The zero-order chi connectivity index (χ0) is 10.7. The standard InChI is InChI=1S/C12H15NO2/c1-9(2)6-13-7-10-3-4-11-12(5-10)15-8-14-11/h3-5,13H,1,6-8H2,2H3. The minimum absolute atomic E-state index is 0.331. The topological polar surface area (TPSA) is 30.5 Å². The maximum Gasteiger partial charge on any atom is 0.231 e. The molecule has 1 aliphatic heterocycles. The first-order valence-corrected chi connectivity index (χ1v) is 4.99. The van der Waals surface area contributed by atoms with Gasteiger partial charge in [0.2, 0.25) is 6.79 Å². The van der Waals surface area contributed by atoms with Gasteiger partial charge >= 0.3 is 0 Å². The van der Waals surface area contributed by atoms with Crippen molar-refractivity contribution in [2.75, 3.05) is 13.3 Å². The molecular formula is C12H15NO2. The normalized spacial score (nSPS) is 12.9. The van der Waals surface area contributed by atoms with Crippen molar-refractivity contribution in [1.82, 2.24) is 5.32 Å². The molecule has 0 saturated carbocycles. The Kier molecular flexibility index (Phi) is 2.92. The predicted octanol–water partition coefficient (Wildman–Crippen LogP) is 2.08. The van der Waals surface area contributed by atoms with Crippen LogP contribution in [0.3, 0.4) is 0 Å². The van der Waals surface area contributed by atoms with Gasteiger partial charge in [-0.25, -0.2) is 0 Å². The van der Waals surface area contributed by atoms with Crippen LogP contribution in [0.2, 0.25) is 0 Å². The van der Waals surface area contributed by atoms with Crippen LogP contribution in [-0.2, 0) is 6.54 Å². The van der Waals surface area contributed by atoms with E-state index in [0.717, 1.165) is 30.2 Å². The minimum Gasteiger partial charge on any atom is -0.454 e. The van der Waals surface area contributed by atoms with Crippen molar-refractivity contribution in [3.05, 3.63) is 35.9 Å². The Labute approximate surface area is 89.7 Å². The number of hydrogen-bond donors (Lipinski definition) is 1. The second kappa shape index (κ2) is 4.36. The van der Waals surface area contributed by atoms with Crippen molar-refractivity contribution >= 4 is 0 Å². The molecule has 0 saturated heterocycles. The Morgan fingerprint density at radius 2 is 2.20 bits per heavy atom. The fraction of sp³-hybridized carbons (Fsp3) is 0.333. The van der Waals surface area contributed by atoms with Crippen LogP contribution in [0.15, 0.2) is 30.4 Å². The van der Waals surface area contributed by atoms with Gasteiger partial charge in [0.15, 0.2) is 11.5 Å². The minimum atomic E-state index is 0.331. The van der Waals surface area contributed by atoms with Gasteiger partial charge in [-0.15, -0.1) is 0 Å². The first-order chi connectivity index (χ1) is 7.25. The lowest BCUT2D eigenvalue weighted by Gasteiger charge is -2.05. The summed E-state index contributed by atoms with van der Waals surface area (Å²) in [5.74, 6) is 1.67. The maximum atomic E-state index is 5.30. The van der Waals surface area contributed by atoms with E-state index >= 15 is 0 Å². The summed E-state index contributed by atoms with van der Waals surface area (Å²) in [6, 6.07) is 5.99. The van der Waals surface area contributed by atoms with Crippen molar-refractivity contribution in [3.8, 4) is 11.5 Å². The van der Waals surface area contributed by atoms with Gasteiger partial charge in [-0.05, 0) is 24.6 Å². The Bertz CT molecular complexity index is 374. The van der Waals surface area contributed by atoms with E-state index < -0.39 is 0 Å². The first kappa shape index (κ1) is 10.1. The molecule has 0 amide bonds. The fourth-order valence-electron chi connectivity index (χ4n) is 1.47. The highest BCUT2D eigenvalue weighted by Crippen LogP contribution is 2.32. The third kappa shape index (κ3) is 2.50. The van der Waals surface area contributed by atoms with Crippen LogP contribution in [0.4, 0.5) is 0 Å². The third-order valence-electron chi connectivity index (χ3n) is 2.19. The van der Waals surface area contributed by atoms with Gasteiger partial charge in [0.1, 0.15) is 0 Å². The van der Waals surface area contributed by atoms with E-state index in [9.17, 15) is 0 Å². The molecule has 0 radical (unpaired) electrons. The quantitative estimate of drug-likeness (QED) is 0.763. The highest BCUT2D eigenvalue weighted by Gasteiger charge is 2.12. The highest BCUT2D eigenvalue weighted by atomic mass is 16.7. The smallest absolute Gasteiger partial charge is 0.231 e. The molecule has 1 aliphatic rings. The molecule has 0 bridgehead atoms. The first-order valence-electron chi connectivity index (χ1n) is 4.99. The second-order valence-electron chi connectivity index (χ2n) is 3.75. The zero-order valence-corrected chi connectivity index (χ0v) is 8.88. The Hall–Kier alpha value is -1.48. The highest BCUT2D eigenvalue weighted by molar-refractivity contribution is 5.44. The van der Waals surface area contributed by atoms with Crippen LogP contribution in [-0.4, -0.2) is 13.3 Å². The predicted molar refractivity (Wildman–Crippen MR) is 59.1 cm³/mol. The third-order valence-corrected chi connectivity index (χ3v) is 2.19. The second-order valence-corrected chi connectivity index (χ2v) is 3.75. The van der Waals surface area contributed by atoms with E-state index in [2.05, 4.69) is 11.9 Å². The summed E-state index contributed by atoms with van der Waals surface area (Å²) >= 11 is 0. The molecule has 0 spiro atoms. The molecule has 3 nitrogen and oxygen atoms in total. The molecule has 0 atom stereocenters. The number of ether oxygens (including phenoxy) is 2. The maximum absolute atomic E-state index is 5.30. The van der Waals surface area contributed by atoms with Crippen molar-refractivity contribution in [1.29, 1.82) is 0 Å².